The van der Waals surface area contributed by atoms with Gasteiger partial charge in [-0.05, 0) is 49.6 Å². The molecule has 0 bridgehead atoms. The van der Waals surface area contributed by atoms with Crippen molar-refractivity contribution < 1.29 is 14.0 Å². The fourth-order valence-corrected chi connectivity index (χ4v) is 3.04. The van der Waals surface area contributed by atoms with Gasteiger partial charge in [0.05, 0.1) is 5.69 Å². The number of nitrogens with two attached hydrogens (primary N) is 1. The number of piperidine rings is 1. The first-order valence-electron chi connectivity index (χ1n) is 7.95. The second-order valence-electron chi connectivity index (χ2n) is 5.94. The molecule has 1 aliphatic rings. The molecule has 2 N–H and O–H groups in total. The summed E-state index contributed by atoms with van der Waals surface area (Å²) in [4.78, 5) is 25.6. The molecule has 1 unspecified atom stereocenters. The second kappa shape index (κ2) is 6.82. The summed E-state index contributed by atoms with van der Waals surface area (Å²) in [6, 6.07) is 7.32. The van der Waals surface area contributed by atoms with Gasteiger partial charge in [0.2, 0.25) is 5.91 Å². The lowest BCUT2D eigenvalue weighted by Gasteiger charge is -2.34. The maximum atomic E-state index is 13.0. The molecule has 7 heteroatoms. The number of rotatable bonds is 4. The molecule has 126 valence electrons. The van der Waals surface area contributed by atoms with Crippen LogP contribution in [0.5, 0.6) is 0 Å². The first kappa shape index (κ1) is 16.2. The van der Waals surface area contributed by atoms with E-state index in [2.05, 4.69) is 5.10 Å². The lowest BCUT2D eigenvalue weighted by Crippen LogP contribution is -2.45. The summed E-state index contributed by atoms with van der Waals surface area (Å²) in [5.74, 6) is -0.942. The van der Waals surface area contributed by atoms with E-state index in [0.717, 1.165) is 19.3 Å². The number of primary amides is 1. The van der Waals surface area contributed by atoms with Crippen molar-refractivity contribution >= 4 is 11.8 Å². The number of hydrogen-bond donors (Lipinski definition) is 1. The summed E-state index contributed by atoms with van der Waals surface area (Å²) in [6.07, 6.45) is 4.48. The minimum Gasteiger partial charge on any atom is -0.370 e. The van der Waals surface area contributed by atoms with Gasteiger partial charge in [0.15, 0.2) is 5.69 Å². The molecular weight excluding hydrogens is 311 g/mol. The maximum Gasteiger partial charge on any atom is 0.274 e. The normalized spacial score (nSPS) is 17.7. The Kier molecular flexibility index (Phi) is 4.59. The second-order valence-corrected chi connectivity index (χ2v) is 5.94. The molecule has 2 heterocycles. The smallest absolute Gasteiger partial charge is 0.274 e. The van der Waals surface area contributed by atoms with Crippen LogP contribution in [0.3, 0.4) is 0 Å². The molecule has 0 spiro atoms. The predicted molar refractivity (Wildman–Crippen MR) is 86.0 cm³/mol. The summed E-state index contributed by atoms with van der Waals surface area (Å²) < 4.78 is 14.5. The molecule has 2 amide bonds. The number of hydrogen-bond acceptors (Lipinski definition) is 3. The zero-order valence-corrected chi connectivity index (χ0v) is 13.2. The van der Waals surface area contributed by atoms with E-state index in [-0.39, 0.29) is 24.2 Å². The molecule has 24 heavy (non-hydrogen) atoms. The van der Waals surface area contributed by atoms with Crippen LogP contribution in [0.25, 0.3) is 5.69 Å². The summed E-state index contributed by atoms with van der Waals surface area (Å²) in [7, 11) is 0. The fourth-order valence-electron chi connectivity index (χ4n) is 3.04. The fraction of sp³-hybridized carbons (Fsp3) is 0.353. The van der Waals surface area contributed by atoms with Crippen LogP contribution in [-0.4, -0.2) is 39.1 Å². The Hall–Kier alpha value is -2.70. The average molecular weight is 330 g/mol. The molecule has 1 aromatic carbocycles. The molecule has 1 atom stereocenters. The Bertz CT molecular complexity index is 741. The highest BCUT2D eigenvalue weighted by Crippen LogP contribution is 2.21. The van der Waals surface area contributed by atoms with Crippen molar-refractivity contribution in [3.8, 4) is 5.69 Å². The van der Waals surface area contributed by atoms with Gasteiger partial charge in [0, 0.05) is 25.2 Å². The van der Waals surface area contributed by atoms with E-state index < -0.39 is 5.91 Å². The monoisotopic (exact) mass is 330 g/mol. The lowest BCUT2D eigenvalue weighted by atomic mass is 9.98. The lowest BCUT2D eigenvalue weighted by molar-refractivity contribution is -0.119. The van der Waals surface area contributed by atoms with Gasteiger partial charge in [0.1, 0.15) is 5.82 Å². The summed E-state index contributed by atoms with van der Waals surface area (Å²) in [5.41, 5.74) is 6.26. The Balaban J connectivity index is 1.79. The summed E-state index contributed by atoms with van der Waals surface area (Å²) in [6.45, 7) is 0.597. The van der Waals surface area contributed by atoms with E-state index in [4.69, 9.17) is 5.73 Å². The van der Waals surface area contributed by atoms with E-state index in [0.29, 0.717) is 17.9 Å². The Labute approximate surface area is 139 Å². The molecule has 1 aliphatic heterocycles. The summed E-state index contributed by atoms with van der Waals surface area (Å²) in [5, 5.41) is 4.29. The largest absolute Gasteiger partial charge is 0.370 e. The SMILES string of the molecule is NC(=O)CC1CCCCN1C(=O)c1ccn(-c2ccc(F)cc2)n1. The first-order chi connectivity index (χ1) is 11.5. The molecule has 1 aromatic heterocycles. The highest BCUT2D eigenvalue weighted by Gasteiger charge is 2.29. The number of halogens is 1. The molecule has 2 aromatic rings. The molecule has 0 saturated carbocycles. The van der Waals surface area contributed by atoms with Crippen molar-refractivity contribution in [1.82, 2.24) is 14.7 Å². The van der Waals surface area contributed by atoms with Gasteiger partial charge in [-0.1, -0.05) is 0 Å². The molecule has 1 saturated heterocycles. The van der Waals surface area contributed by atoms with Gasteiger partial charge in [-0.2, -0.15) is 5.10 Å². The van der Waals surface area contributed by atoms with Crippen molar-refractivity contribution in [2.24, 2.45) is 5.73 Å². The van der Waals surface area contributed by atoms with Gasteiger partial charge < -0.3 is 10.6 Å². The van der Waals surface area contributed by atoms with Crippen molar-refractivity contribution in [3.63, 3.8) is 0 Å². The quantitative estimate of drug-likeness (QED) is 0.929. The molecule has 0 radical (unpaired) electrons. The first-order valence-corrected chi connectivity index (χ1v) is 7.95. The number of aromatic nitrogens is 2. The third kappa shape index (κ3) is 3.45. The van der Waals surface area contributed by atoms with Crippen molar-refractivity contribution in [3.05, 3.63) is 48.0 Å². The van der Waals surface area contributed by atoms with Crippen LogP contribution in [0.2, 0.25) is 0 Å². The number of nitrogens with zero attached hydrogens (tertiary/aromatic N) is 3. The predicted octanol–water partition coefficient (Wildman–Crippen LogP) is 1.88. The van der Waals surface area contributed by atoms with Crippen LogP contribution in [0, 0.1) is 5.82 Å². The maximum absolute atomic E-state index is 13.0. The van der Waals surface area contributed by atoms with Crippen LogP contribution in [0.15, 0.2) is 36.5 Å². The van der Waals surface area contributed by atoms with Gasteiger partial charge in [-0.15, -0.1) is 0 Å². The third-order valence-electron chi connectivity index (χ3n) is 4.22. The van der Waals surface area contributed by atoms with Crippen LogP contribution in [0.4, 0.5) is 4.39 Å². The van der Waals surface area contributed by atoms with Crippen LogP contribution in [0.1, 0.15) is 36.2 Å². The van der Waals surface area contributed by atoms with Gasteiger partial charge in [0.25, 0.3) is 5.91 Å². The van der Waals surface area contributed by atoms with E-state index in [1.54, 1.807) is 29.3 Å². The van der Waals surface area contributed by atoms with Crippen molar-refractivity contribution in [2.75, 3.05) is 6.54 Å². The third-order valence-corrected chi connectivity index (χ3v) is 4.22. The Morgan fingerprint density at radius 2 is 1.96 bits per heavy atom. The average Bonchev–Trinajstić information content (AvgIpc) is 3.05. The Morgan fingerprint density at radius 3 is 2.67 bits per heavy atom. The number of likely N-dealkylation sites (tertiary alicyclic amines) is 1. The van der Waals surface area contributed by atoms with E-state index in [1.165, 1.54) is 16.8 Å². The standard InChI is InChI=1S/C17H19FN4O2/c18-12-4-6-13(7-5-12)22-10-8-15(20-22)17(24)21-9-2-1-3-14(21)11-16(19)23/h4-8,10,14H,1-3,9,11H2,(H2,19,23). The van der Waals surface area contributed by atoms with Gasteiger partial charge >= 0.3 is 0 Å². The van der Waals surface area contributed by atoms with E-state index >= 15 is 0 Å². The number of carbonyl (C=O) groups is 2. The minimum atomic E-state index is -0.406. The van der Waals surface area contributed by atoms with Crippen molar-refractivity contribution in [2.45, 2.75) is 31.7 Å². The molecule has 1 fully saturated rings. The molecular formula is C17H19FN4O2. The zero-order chi connectivity index (χ0) is 17.1. The highest BCUT2D eigenvalue weighted by molar-refractivity contribution is 5.93. The number of carbonyl (C=O) groups excluding carboxylic acids is 2. The zero-order valence-electron chi connectivity index (χ0n) is 13.2. The minimum absolute atomic E-state index is 0.167. The Morgan fingerprint density at radius 1 is 1.21 bits per heavy atom. The molecule has 0 aliphatic carbocycles. The van der Waals surface area contributed by atoms with E-state index in [9.17, 15) is 14.0 Å². The summed E-state index contributed by atoms with van der Waals surface area (Å²) >= 11 is 0. The molecule has 6 nitrogen and oxygen atoms in total. The van der Waals surface area contributed by atoms with E-state index in [1.807, 2.05) is 0 Å². The van der Waals surface area contributed by atoms with Gasteiger partial charge in [-0.25, -0.2) is 9.07 Å². The number of amides is 2. The number of benzene rings is 1. The van der Waals surface area contributed by atoms with Crippen LogP contribution >= 0.6 is 0 Å². The molecule has 3 rings (SSSR count). The topological polar surface area (TPSA) is 81.2 Å². The van der Waals surface area contributed by atoms with Crippen molar-refractivity contribution in [1.29, 1.82) is 0 Å². The van der Waals surface area contributed by atoms with Crippen LogP contribution < -0.4 is 5.73 Å². The van der Waals surface area contributed by atoms with Gasteiger partial charge in [-0.3, -0.25) is 9.59 Å². The van der Waals surface area contributed by atoms with Crippen LogP contribution in [-0.2, 0) is 4.79 Å². The highest BCUT2D eigenvalue weighted by atomic mass is 19.1.